The average molecular weight is 293 g/mol. The van der Waals surface area contributed by atoms with Crippen molar-refractivity contribution >= 4 is 12.1 Å². The summed E-state index contributed by atoms with van der Waals surface area (Å²) in [6.45, 7) is 0.492. The number of methoxy groups -OCH3 is 2. The molecule has 1 saturated heterocycles. The van der Waals surface area contributed by atoms with Crippen molar-refractivity contribution in [2.24, 2.45) is 0 Å². The smallest absolute Gasteiger partial charge is 0.410 e. The molecule has 2 atom stereocenters. The van der Waals surface area contributed by atoms with Crippen molar-refractivity contribution in [3.8, 4) is 0 Å². The SMILES string of the molecule is COC(=O)[C@@H]1C[C@@H](OC)CN1C(=O)OCc1ccccc1. The van der Waals surface area contributed by atoms with Crippen LogP contribution in [0, 0.1) is 0 Å². The fourth-order valence-electron chi connectivity index (χ4n) is 2.33. The molecule has 2 rings (SSSR count). The number of amides is 1. The number of benzene rings is 1. The Morgan fingerprint density at radius 2 is 1.95 bits per heavy atom. The summed E-state index contributed by atoms with van der Waals surface area (Å²) in [7, 11) is 2.85. The minimum Gasteiger partial charge on any atom is -0.467 e. The van der Waals surface area contributed by atoms with Gasteiger partial charge in [0.25, 0.3) is 0 Å². The zero-order valence-electron chi connectivity index (χ0n) is 12.2. The highest BCUT2D eigenvalue weighted by Crippen LogP contribution is 2.22. The van der Waals surface area contributed by atoms with Crippen LogP contribution in [0.1, 0.15) is 12.0 Å². The van der Waals surface area contributed by atoms with Crippen molar-refractivity contribution in [1.82, 2.24) is 4.90 Å². The Bertz CT molecular complexity index is 490. The van der Waals surface area contributed by atoms with E-state index in [1.165, 1.54) is 12.0 Å². The quantitative estimate of drug-likeness (QED) is 0.789. The van der Waals surface area contributed by atoms with E-state index in [-0.39, 0.29) is 12.7 Å². The zero-order valence-corrected chi connectivity index (χ0v) is 12.2. The highest BCUT2D eigenvalue weighted by molar-refractivity contribution is 5.82. The minimum absolute atomic E-state index is 0.168. The van der Waals surface area contributed by atoms with Gasteiger partial charge in [-0.3, -0.25) is 4.90 Å². The molecule has 0 unspecified atom stereocenters. The van der Waals surface area contributed by atoms with Crippen molar-refractivity contribution in [2.45, 2.75) is 25.2 Å². The Morgan fingerprint density at radius 1 is 1.24 bits per heavy atom. The van der Waals surface area contributed by atoms with E-state index in [2.05, 4.69) is 0 Å². The first-order valence-electron chi connectivity index (χ1n) is 6.73. The molecule has 21 heavy (non-hydrogen) atoms. The van der Waals surface area contributed by atoms with Crippen LogP contribution in [0.4, 0.5) is 4.79 Å². The molecule has 0 saturated carbocycles. The normalized spacial score (nSPS) is 21.1. The lowest BCUT2D eigenvalue weighted by Gasteiger charge is -2.21. The lowest BCUT2D eigenvalue weighted by Crippen LogP contribution is -2.41. The number of hydrogen-bond donors (Lipinski definition) is 0. The number of hydrogen-bond acceptors (Lipinski definition) is 5. The van der Waals surface area contributed by atoms with Crippen molar-refractivity contribution < 1.29 is 23.8 Å². The van der Waals surface area contributed by atoms with Gasteiger partial charge < -0.3 is 14.2 Å². The number of nitrogens with zero attached hydrogens (tertiary/aromatic N) is 1. The molecular formula is C15H19NO5. The fourth-order valence-corrected chi connectivity index (χ4v) is 2.33. The summed E-state index contributed by atoms with van der Waals surface area (Å²) in [5.41, 5.74) is 0.892. The molecule has 0 aromatic heterocycles. The van der Waals surface area contributed by atoms with Gasteiger partial charge in [0.2, 0.25) is 0 Å². The second-order valence-electron chi connectivity index (χ2n) is 4.82. The molecule has 1 amide bonds. The molecule has 1 fully saturated rings. The molecule has 0 bridgehead atoms. The minimum atomic E-state index is -0.650. The highest BCUT2D eigenvalue weighted by Gasteiger charge is 2.41. The molecule has 1 aromatic rings. The first kappa shape index (κ1) is 15.3. The lowest BCUT2D eigenvalue weighted by atomic mass is 10.2. The number of carbonyl (C=O) groups excluding carboxylic acids is 2. The molecule has 6 heteroatoms. The average Bonchev–Trinajstić information content (AvgIpc) is 2.97. The summed E-state index contributed by atoms with van der Waals surface area (Å²) >= 11 is 0. The van der Waals surface area contributed by atoms with Crippen LogP contribution >= 0.6 is 0 Å². The second kappa shape index (κ2) is 7.08. The van der Waals surface area contributed by atoms with E-state index in [1.807, 2.05) is 30.3 Å². The summed E-state index contributed by atoms with van der Waals surface area (Å²) in [4.78, 5) is 25.3. The molecule has 0 N–H and O–H groups in total. The molecule has 0 radical (unpaired) electrons. The van der Waals surface area contributed by atoms with Crippen molar-refractivity contribution in [3.05, 3.63) is 35.9 Å². The largest absolute Gasteiger partial charge is 0.467 e. The van der Waals surface area contributed by atoms with E-state index in [4.69, 9.17) is 14.2 Å². The Hall–Kier alpha value is -2.08. The molecule has 1 aromatic carbocycles. The molecule has 6 nitrogen and oxygen atoms in total. The Balaban J connectivity index is 1.97. The third kappa shape index (κ3) is 3.72. The standard InChI is InChI=1S/C15H19NO5/c1-19-12-8-13(14(17)20-2)16(9-12)15(18)21-10-11-6-4-3-5-7-11/h3-7,12-13H,8-10H2,1-2H3/t12-,13+/m1/s1. The predicted molar refractivity (Wildman–Crippen MR) is 74.6 cm³/mol. The third-order valence-electron chi connectivity index (χ3n) is 3.51. The van der Waals surface area contributed by atoms with Gasteiger partial charge in [-0.05, 0) is 5.56 Å². The van der Waals surface area contributed by atoms with Crippen LogP contribution in [-0.4, -0.2) is 49.9 Å². The maximum absolute atomic E-state index is 12.2. The highest BCUT2D eigenvalue weighted by atomic mass is 16.6. The first-order valence-corrected chi connectivity index (χ1v) is 6.73. The van der Waals surface area contributed by atoms with Crippen molar-refractivity contribution in [1.29, 1.82) is 0 Å². The first-order chi connectivity index (χ1) is 10.2. The maximum atomic E-state index is 12.2. The number of carbonyl (C=O) groups is 2. The van der Waals surface area contributed by atoms with Gasteiger partial charge in [-0.25, -0.2) is 9.59 Å². The molecule has 0 spiro atoms. The molecular weight excluding hydrogens is 274 g/mol. The molecule has 1 heterocycles. The van der Waals surface area contributed by atoms with E-state index in [9.17, 15) is 9.59 Å². The van der Waals surface area contributed by atoms with Crippen molar-refractivity contribution in [2.75, 3.05) is 20.8 Å². The van der Waals surface area contributed by atoms with Crippen molar-refractivity contribution in [3.63, 3.8) is 0 Å². The summed E-state index contributed by atoms with van der Waals surface area (Å²) in [5, 5.41) is 0. The Morgan fingerprint density at radius 3 is 2.57 bits per heavy atom. The molecule has 1 aliphatic rings. The number of ether oxygens (including phenoxy) is 3. The van der Waals surface area contributed by atoms with Gasteiger partial charge in [0.1, 0.15) is 12.6 Å². The van der Waals surface area contributed by atoms with E-state index in [1.54, 1.807) is 7.11 Å². The van der Waals surface area contributed by atoms with Crippen LogP contribution in [0.15, 0.2) is 30.3 Å². The van der Waals surface area contributed by atoms with Gasteiger partial charge in [0.05, 0.1) is 19.8 Å². The van der Waals surface area contributed by atoms with Crippen LogP contribution < -0.4 is 0 Å². The summed E-state index contributed by atoms with van der Waals surface area (Å²) in [5.74, 6) is -0.453. The molecule has 1 aliphatic heterocycles. The molecule has 0 aliphatic carbocycles. The van der Waals surface area contributed by atoms with Crippen LogP contribution in [0.2, 0.25) is 0 Å². The Labute approximate surface area is 123 Å². The van der Waals surface area contributed by atoms with Crippen LogP contribution in [0.5, 0.6) is 0 Å². The third-order valence-corrected chi connectivity index (χ3v) is 3.51. The Kier molecular flexibility index (Phi) is 5.16. The van der Waals surface area contributed by atoms with E-state index >= 15 is 0 Å². The van der Waals surface area contributed by atoms with Gasteiger partial charge in [0, 0.05) is 13.5 Å². The van der Waals surface area contributed by atoms with Crippen LogP contribution in [-0.2, 0) is 25.6 Å². The van der Waals surface area contributed by atoms with Gasteiger partial charge in [-0.15, -0.1) is 0 Å². The number of likely N-dealkylation sites (tertiary alicyclic amines) is 1. The maximum Gasteiger partial charge on any atom is 0.410 e. The van der Waals surface area contributed by atoms with E-state index in [0.29, 0.717) is 13.0 Å². The van der Waals surface area contributed by atoms with Crippen LogP contribution in [0.3, 0.4) is 0 Å². The second-order valence-corrected chi connectivity index (χ2v) is 4.82. The zero-order chi connectivity index (χ0) is 15.2. The summed E-state index contributed by atoms with van der Waals surface area (Å²) in [6.07, 6.45) is -0.295. The van der Waals surface area contributed by atoms with Gasteiger partial charge in [-0.2, -0.15) is 0 Å². The topological polar surface area (TPSA) is 65.1 Å². The van der Waals surface area contributed by atoms with Gasteiger partial charge >= 0.3 is 12.1 Å². The lowest BCUT2D eigenvalue weighted by molar-refractivity contribution is -0.145. The summed E-state index contributed by atoms with van der Waals surface area (Å²) < 4.78 is 15.2. The summed E-state index contributed by atoms with van der Waals surface area (Å²) in [6, 6.07) is 8.72. The van der Waals surface area contributed by atoms with E-state index < -0.39 is 18.1 Å². The van der Waals surface area contributed by atoms with Crippen LogP contribution in [0.25, 0.3) is 0 Å². The van der Waals surface area contributed by atoms with Gasteiger partial charge in [0.15, 0.2) is 0 Å². The van der Waals surface area contributed by atoms with Gasteiger partial charge in [-0.1, -0.05) is 30.3 Å². The molecule has 114 valence electrons. The number of esters is 1. The fraction of sp³-hybridized carbons (Fsp3) is 0.467. The van der Waals surface area contributed by atoms with E-state index in [0.717, 1.165) is 5.56 Å². The monoisotopic (exact) mass is 293 g/mol. The number of rotatable bonds is 4. The predicted octanol–water partition coefficient (Wildman–Crippen LogP) is 1.59.